The van der Waals surface area contributed by atoms with Crippen molar-refractivity contribution in [2.24, 2.45) is 5.10 Å². The number of rotatable bonds is 2. The Balaban J connectivity index is 2.04. The third-order valence-corrected chi connectivity index (χ3v) is 4.57. The van der Waals surface area contributed by atoms with Crippen LogP contribution >= 0.6 is 23.4 Å². The van der Waals surface area contributed by atoms with Gasteiger partial charge in [-0.05, 0) is 24.3 Å². The lowest BCUT2D eigenvalue weighted by Gasteiger charge is -2.16. The van der Waals surface area contributed by atoms with E-state index in [4.69, 9.17) is 11.6 Å². The first-order chi connectivity index (χ1) is 11.0. The standard InChI is InChI=1S/C16H10ClFN2O2S/c1-9(21)20(13-8-3-2-6-11(13)17)19-16-14(22)10-5-4-7-12(18)15(10)23-16/h2-8H,1H3/b19-16-. The summed E-state index contributed by atoms with van der Waals surface area (Å²) in [5.74, 6) is -1.31. The first-order valence-electron chi connectivity index (χ1n) is 6.64. The second kappa shape index (κ2) is 6.14. The fraction of sp³-hybridized carbons (Fsp3) is 0.0625. The molecule has 0 radical (unpaired) electrons. The number of anilines is 1. The van der Waals surface area contributed by atoms with Crippen LogP contribution in [0.15, 0.2) is 52.5 Å². The molecule has 2 aromatic rings. The molecule has 23 heavy (non-hydrogen) atoms. The van der Waals surface area contributed by atoms with Crippen LogP contribution in [0.1, 0.15) is 17.3 Å². The van der Waals surface area contributed by atoms with Gasteiger partial charge in [0.25, 0.3) is 0 Å². The molecular weight excluding hydrogens is 339 g/mol. The van der Waals surface area contributed by atoms with E-state index in [1.54, 1.807) is 24.3 Å². The summed E-state index contributed by atoms with van der Waals surface area (Å²) < 4.78 is 13.8. The quantitative estimate of drug-likeness (QED) is 0.766. The number of hydrazone groups is 1. The number of hydrogen-bond donors (Lipinski definition) is 0. The fourth-order valence-electron chi connectivity index (χ4n) is 2.12. The smallest absolute Gasteiger partial charge is 0.244 e. The van der Waals surface area contributed by atoms with Crippen molar-refractivity contribution in [1.82, 2.24) is 0 Å². The first kappa shape index (κ1) is 15.7. The van der Waals surface area contributed by atoms with Crippen molar-refractivity contribution >= 4 is 45.8 Å². The number of halogens is 2. The van der Waals surface area contributed by atoms with E-state index in [1.165, 1.54) is 25.1 Å². The highest BCUT2D eigenvalue weighted by Crippen LogP contribution is 2.36. The highest BCUT2D eigenvalue weighted by Gasteiger charge is 2.31. The van der Waals surface area contributed by atoms with Gasteiger partial charge < -0.3 is 0 Å². The van der Waals surface area contributed by atoms with Crippen molar-refractivity contribution in [3.8, 4) is 0 Å². The van der Waals surface area contributed by atoms with Gasteiger partial charge in [-0.15, -0.1) is 0 Å². The Kier molecular flexibility index (Phi) is 4.19. The number of nitrogens with zero attached hydrogens (tertiary/aromatic N) is 2. The van der Waals surface area contributed by atoms with Crippen LogP contribution < -0.4 is 5.01 Å². The molecule has 0 saturated heterocycles. The Morgan fingerprint density at radius 1 is 1.22 bits per heavy atom. The van der Waals surface area contributed by atoms with Gasteiger partial charge in [0, 0.05) is 12.5 Å². The summed E-state index contributed by atoms with van der Waals surface area (Å²) in [4.78, 5) is 24.5. The summed E-state index contributed by atoms with van der Waals surface area (Å²) in [6.45, 7) is 1.31. The van der Waals surface area contributed by atoms with Crippen LogP contribution in [0.3, 0.4) is 0 Å². The molecule has 3 rings (SSSR count). The Morgan fingerprint density at radius 3 is 2.61 bits per heavy atom. The second-order valence-electron chi connectivity index (χ2n) is 4.74. The van der Waals surface area contributed by atoms with Crippen LogP contribution in [0.4, 0.5) is 10.1 Å². The largest absolute Gasteiger partial charge is 0.286 e. The molecule has 0 spiro atoms. The van der Waals surface area contributed by atoms with E-state index in [0.717, 1.165) is 16.8 Å². The monoisotopic (exact) mass is 348 g/mol. The van der Waals surface area contributed by atoms with E-state index in [9.17, 15) is 14.0 Å². The lowest BCUT2D eigenvalue weighted by Crippen LogP contribution is -2.25. The van der Waals surface area contributed by atoms with E-state index >= 15 is 0 Å². The Hall–Kier alpha value is -2.18. The molecule has 4 nitrogen and oxygen atoms in total. The Bertz CT molecular complexity index is 854. The number of hydrogen-bond acceptors (Lipinski definition) is 4. The maximum atomic E-state index is 13.8. The van der Waals surface area contributed by atoms with E-state index in [-0.39, 0.29) is 15.5 Å². The van der Waals surface area contributed by atoms with Crippen LogP contribution in [0.25, 0.3) is 0 Å². The van der Waals surface area contributed by atoms with Gasteiger partial charge in [-0.3, -0.25) is 9.59 Å². The number of fused-ring (bicyclic) bond motifs is 1. The number of carbonyl (C=O) groups is 2. The number of para-hydroxylation sites is 1. The molecule has 0 saturated carbocycles. The Morgan fingerprint density at radius 2 is 1.96 bits per heavy atom. The van der Waals surface area contributed by atoms with Crippen molar-refractivity contribution in [3.63, 3.8) is 0 Å². The van der Waals surface area contributed by atoms with Crippen LogP contribution in [0.2, 0.25) is 5.02 Å². The Labute approximate surface area is 140 Å². The number of thioether (sulfide) groups is 1. The molecule has 7 heteroatoms. The highest BCUT2D eigenvalue weighted by molar-refractivity contribution is 8.16. The van der Waals surface area contributed by atoms with Crippen molar-refractivity contribution < 1.29 is 14.0 Å². The second-order valence-corrected chi connectivity index (χ2v) is 6.14. The molecule has 0 aromatic heterocycles. The van der Waals surface area contributed by atoms with Gasteiger partial charge in [0.05, 0.1) is 15.6 Å². The molecule has 1 amide bonds. The van der Waals surface area contributed by atoms with Gasteiger partial charge in [0.15, 0.2) is 5.04 Å². The molecule has 1 aliphatic heterocycles. The molecule has 0 aliphatic carbocycles. The minimum absolute atomic E-state index is 0.0280. The summed E-state index contributed by atoms with van der Waals surface area (Å²) in [5.41, 5.74) is 0.607. The number of Topliss-reactive ketones (excluding diaryl/α,β-unsaturated/α-hetero) is 1. The molecule has 1 heterocycles. The zero-order valence-electron chi connectivity index (χ0n) is 11.9. The number of carbonyl (C=O) groups excluding carboxylic acids is 2. The van der Waals surface area contributed by atoms with Gasteiger partial charge in [0.1, 0.15) is 5.82 Å². The van der Waals surface area contributed by atoms with Crippen molar-refractivity contribution in [3.05, 3.63) is 58.9 Å². The predicted molar refractivity (Wildman–Crippen MR) is 88.6 cm³/mol. The molecule has 0 fully saturated rings. The maximum Gasteiger partial charge on any atom is 0.244 e. The van der Waals surface area contributed by atoms with Gasteiger partial charge in [-0.1, -0.05) is 41.6 Å². The molecule has 0 unspecified atom stereocenters. The lowest BCUT2D eigenvalue weighted by atomic mass is 10.1. The number of benzene rings is 2. The third kappa shape index (κ3) is 2.87. The molecule has 2 aromatic carbocycles. The highest BCUT2D eigenvalue weighted by atomic mass is 35.5. The van der Waals surface area contributed by atoms with Crippen molar-refractivity contribution in [2.75, 3.05) is 5.01 Å². The molecule has 0 atom stereocenters. The van der Waals surface area contributed by atoms with Crippen LogP contribution in [0.5, 0.6) is 0 Å². The minimum atomic E-state index is -0.488. The fourth-order valence-corrected chi connectivity index (χ4v) is 3.29. The van der Waals surface area contributed by atoms with Gasteiger partial charge in [-0.25, -0.2) is 4.39 Å². The summed E-state index contributed by atoms with van der Waals surface area (Å²) in [7, 11) is 0. The summed E-state index contributed by atoms with van der Waals surface area (Å²) >= 11 is 6.99. The number of amides is 1. The molecule has 0 bridgehead atoms. The van der Waals surface area contributed by atoms with Crippen LogP contribution in [0, 0.1) is 5.82 Å². The topological polar surface area (TPSA) is 49.7 Å². The molecule has 0 N–H and O–H groups in total. The molecular formula is C16H10ClFN2O2S. The van der Waals surface area contributed by atoms with E-state index in [2.05, 4.69) is 5.10 Å². The summed E-state index contributed by atoms with van der Waals surface area (Å²) in [5, 5.41) is 5.51. The summed E-state index contributed by atoms with van der Waals surface area (Å²) in [6, 6.07) is 10.9. The molecule has 1 aliphatic rings. The molecule has 116 valence electrons. The lowest BCUT2D eigenvalue weighted by molar-refractivity contribution is -0.116. The average molecular weight is 349 g/mol. The van der Waals surface area contributed by atoms with Gasteiger partial charge in [-0.2, -0.15) is 10.1 Å². The van der Waals surface area contributed by atoms with Crippen molar-refractivity contribution in [1.29, 1.82) is 0 Å². The average Bonchev–Trinajstić information content (AvgIpc) is 2.84. The maximum absolute atomic E-state index is 13.8. The van der Waals surface area contributed by atoms with E-state index in [1.807, 2.05) is 0 Å². The normalized spacial score (nSPS) is 14.9. The predicted octanol–water partition coefficient (Wildman–Crippen LogP) is 4.13. The first-order valence-corrected chi connectivity index (χ1v) is 7.83. The SMILES string of the molecule is CC(=O)N(/N=C1\Sc2c(F)cccc2C1=O)c1ccccc1Cl. The van der Waals surface area contributed by atoms with E-state index in [0.29, 0.717) is 10.7 Å². The van der Waals surface area contributed by atoms with Crippen molar-refractivity contribution in [2.45, 2.75) is 11.8 Å². The van der Waals surface area contributed by atoms with Gasteiger partial charge in [0.2, 0.25) is 11.7 Å². The zero-order chi connectivity index (χ0) is 16.6. The van der Waals surface area contributed by atoms with Gasteiger partial charge >= 0.3 is 0 Å². The summed E-state index contributed by atoms with van der Waals surface area (Å²) in [6.07, 6.45) is 0. The minimum Gasteiger partial charge on any atom is -0.286 e. The third-order valence-electron chi connectivity index (χ3n) is 3.17. The zero-order valence-corrected chi connectivity index (χ0v) is 13.5. The van der Waals surface area contributed by atoms with Crippen LogP contribution in [-0.4, -0.2) is 16.7 Å². The van der Waals surface area contributed by atoms with Crippen LogP contribution in [-0.2, 0) is 4.79 Å². The van der Waals surface area contributed by atoms with E-state index < -0.39 is 17.5 Å². The number of ketones is 1.